The predicted molar refractivity (Wildman–Crippen MR) is 79.0 cm³/mol. The van der Waals surface area contributed by atoms with Gasteiger partial charge in [-0.2, -0.15) is 0 Å². The van der Waals surface area contributed by atoms with Gasteiger partial charge in [0.1, 0.15) is 0 Å². The summed E-state index contributed by atoms with van der Waals surface area (Å²) in [5, 5.41) is 3.11. The van der Waals surface area contributed by atoms with Gasteiger partial charge in [-0.1, -0.05) is 62.4 Å². The van der Waals surface area contributed by atoms with Gasteiger partial charge in [0.2, 0.25) is 5.91 Å². The third-order valence-electron chi connectivity index (χ3n) is 4.03. The Balaban J connectivity index is 1.71. The maximum absolute atomic E-state index is 12.1. The number of amides is 1. The number of carbonyl (C=O) groups is 1. The van der Waals surface area contributed by atoms with Crippen molar-refractivity contribution in [2.75, 3.05) is 6.54 Å². The van der Waals surface area contributed by atoms with E-state index in [0.717, 1.165) is 25.8 Å². The molecule has 19 heavy (non-hydrogen) atoms. The average Bonchev–Trinajstić information content (AvgIpc) is 2.39. The van der Waals surface area contributed by atoms with Gasteiger partial charge in [-0.3, -0.25) is 4.79 Å². The molecule has 0 spiro atoms. The van der Waals surface area contributed by atoms with Crippen LogP contribution in [0.25, 0.3) is 0 Å². The van der Waals surface area contributed by atoms with Gasteiger partial charge in [0, 0.05) is 12.5 Å². The van der Waals surface area contributed by atoms with Crippen molar-refractivity contribution in [3.05, 3.63) is 35.9 Å². The van der Waals surface area contributed by atoms with E-state index in [4.69, 9.17) is 0 Å². The molecule has 2 heteroatoms. The van der Waals surface area contributed by atoms with E-state index >= 15 is 0 Å². The van der Waals surface area contributed by atoms with E-state index in [9.17, 15) is 4.79 Å². The van der Waals surface area contributed by atoms with Gasteiger partial charge in [0.15, 0.2) is 0 Å². The van der Waals surface area contributed by atoms with Gasteiger partial charge < -0.3 is 5.32 Å². The van der Waals surface area contributed by atoms with Crippen molar-refractivity contribution < 1.29 is 4.79 Å². The Hall–Kier alpha value is -1.31. The number of carbonyl (C=O) groups excluding carboxylic acids is 1. The molecular weight excluding hydrogens is 234 g/mol. The Bertz CT molecular complexity index is 366. The van der Waals surface area contributed by atoms with E-state index in [1.54, 1.807) is 0 Å². The monoisotopic (exact) mass is 259 g/mol. The molecule has 0 saturated heterocycles. The van der Waals surface area contributed by atoms with Crippen LogP contribution in [0, 0.1) is 5.92 Å². The van der Waals surface area contributed by atoms with Crippen molar-refractivity contribution in [3.8, 4) is 0 Å². The quantitative estimate of drug-likeness (QED) is 0.877. The molecule has 1 saturated carbocycles. The summed E-state index contributed by atoms with van der Waals surface area (Å²) in [5.41, 5.74) is 1.29. The molecular formula is C17H25NO. The van der Waals surface area contributed by atoms with Crippen molar-refractivity contribution in [3.63, 3.8) is 0 Å². The lowest BCUT2D eigenvalue weighted by Gasteiger charge is -2.19. The lowest BCUT2D eigenvalue weighted by Crippen LogP contribution is -2.32. The first kappa shape index (κ1) is 14.1. The Morgan fingerprint density at radius 2 is 1.63 bits per heavy atom. The first-order valence-electron chi connectivity index (χ1n) is 7.68. The third-order valence-corrected chi connectivity index (χ3v) is 4.03. The highest BCUT2D eigenvalue weighted by molar-refractivity contribution is 5.78. The number of benzene rings is 1. The SMILES string of the molecule is O=C(NCCc1ccccc1)C1CCCCCCC1. The molecule has 0 aliphatic heterocycles. The van der Waals surface area contributed by atoms with Crippen LogP contribution in [0.5, 0.6) is 0 Å². The summed E-state index contributed by atoms with van der Waals surface area (Å²) in [7, 11) is 0. The van der Waals surface area contributed by atoms with Gasteiger partial charge in [-0.25, -0.2) is 0 Å². The summed E-state index contributed by atoms with van der Waals surface area (Å²) in [6.45, 7) is 0.763. The molecule has 1 aliphatic carbocycles. The van der Waals surface area contributed by atoms with E-state index < -0.39 is 0 Å². The number of rotatable bonds is 4. The standard InChI is InChI=1S/C17H25NO/c19-17(16-11-7-2-1-3-8-12-16)18-14-13-15-9-5-4-6-10-15/h4-6,9-10,16H,1-3,7-8,11-14H2,(H,18,19). The molecule has 104 valence electrons. The van der Waals surface area contributed by atoms with Crippen LogP contribution >= 0.6 is 0 Å². The fraction of sp³-hybridized carbons (Fsp3) is 0.588. The molecule has 0 aromatic heterocycles. The largest absolute Gasteiger partial charge is 0.356 e. The Morgan fingerprint density at radius 1 is 1.00 bits per heavy atom. The number of nitrogens with one attached hydrogen (secondary N) is 1. The van der Waals surface area contributed by atoms with Gasteiger partial charge in [0.25, 0.3) is 0 Å². The number of hydrogen-bond acceptors (Lipinski definition) is 1. The lowest BCUT2D eigenvalue weighted by atomic mass is 9.90. The van der Waals surface area contributed by atoms with Gasteiger partial charge in [-0.15, -0.1) is 0 Å². The van der Waals surface area contributed by atoms with Gasteiger partial charge >= 0.3 is 0 Å². The van der Waals surface area contributed by atoms with E-state index in [1.807, 2.05) is 18.2 Å². The normalized spacial score (nSPS) is 17.5. The molecule has 1 aliphatic rings. The summed E-state index contributed by atoms with van der Waals surface area (Å²) in [4.78, 5) is 12.1. The minimum absolute atomic E-state index is 0.260. The van der Waals surface area contributed by atoms with Crippen LogP contribution in [0.1, 0.15) is 50.5 Å². The average molecular weight is 259 g/mol. The van der Waals surface area contributed by atoms with Gasteiger partial charge in [0.05, 0.1) is 0 Å². The second-order valence-corrected chi connectivity index (χ2v) is 5.57. The minimum atomic E-state index is 0.260. The zero-order valence-electron chi connectivity index (χ0n) is 11.7. The molecule has 0 heterocycles. The molecule has 1 fully saturated rings. The molecule has 1 N–H and O–H groups in total. The fourth-order valence-electron chi connectivity index (χ4n) is 2.84. The van der Waals surface area contributed by atoms with Crippen LogP contribution in [-0.2, 0) is 11.2 Å². The Morgan fingerprint density at radius 3 is 2.32 bits per heavy atom. The summed E-state index contributed by atoms with van der Waals surface area (Å²) in [6, 6.07) is 10.3. The van der Waals surface area contributed by atoms with Crippen LogP contribution in [0.4, 0.5) is 0 Å². The highest BCUT2D eigenvalue weighted by Crippen LogP contribution is 2.22. The molecule has 1 amide bonds. The van der Waals surface area contributed by atoms with Gasteiger partial charge in [-0.05, 0) is 24.8 Å². The van der Waals surface area contributed by atoms with Crippen LogP contribution in [-0.4, -0.2) is 12.5 Å². The van der Waals surface area contributed by atoms with Crippen LogP contribution < -0.4 is 5.32 Å². The van der Waals surface area contributed by atoms with Crippen LogP contribution in [0.3, 0.4) is 0 Å². The molecule has 0 atom stereocenters. The highest BCUT2D eigenvalue weighted by atomic mass is 16.1. The fourth-order valence-corrected chi connectivity index (χ4v) is 2.84. The maximum atomic E-state index is 12.1. The molecule has 1 aromatic rings. The predicted octanol–water partition coefficient (Wildman–Crippen LogP) is 3.71. The molecule has 0 bridgehead atoms. The van der Waals surface area contributed by atoms with Crippen molar-refractivity contribution >= 4 is 5.91 Å². The zero-order valence-corrected chi connectivity index (χ0v) is 11.7. The minimum Gasteiger partial charge on any atom is -0.356 e. The van der Waals surface area contributed by atoms with Crippen molar-refractivity contribution in [1.82, 2.24) is 5.32 Å². The Labute approximate surface area is 116 Å². The zero-order chi connectivity index (χ0) is 13.3. The first-order chi connectivity index (χ1) is 9.36. The van der Waals surface area contributed by atoms with Crippen molar-refractivity contribution in [2.45, 2.75) is 51.4 Å². The molecule has 2 rings (SSSR count). The highest BCUT2D eigenvalue weighted by Gasteiger charge is 2.18. The maximum Gasteiger partial charge on any atom is 0.223 e. The number of hydrogen-bond donors (Lipinski definition) is 1. The van der Waals surface area contributed by atoms with Crippen LogP contribution in [0.15, 0.2) is 30.3 Å². The second-order valence-electron chi connectivity index (χ2n) is 5.57. The second kappa shape index (κ2) is 7.98. The lowest BCUT2D eigenvalue weighted by molar-refractivity contribution is -0.125. The first-order valence-corrected chi connectivity index (χ1v) is 7.68. The van der Waals surface area contributed by atoms with Crippen molar-refractivity contribution in [1.29, 1.82) is 0 Å². The van der Waals surface area contributed by atoms with E-state index in [2.05, 4.69) is 17.4 Å². The molecule has 0 unspecified atom stereocenters. The van der Waals surface area contributed by atoms with Crippen LogP contribution in [0.2, 0.25) is 0 Å². The van der Waals surface area contributed by atoms with Crippen molar-refractivity contribution in [2.24, 2.45) is 5.92 Å². The summed E-state index contributed by atoms with van der Waals surface area (Å²) in [5.74, 6) is 0.536. The smallest absolute Gasteiger partial charge is 0.223 e. The molecule has 1 aromatic carbocycles. The molecule has 0 radical (unpaired) electrons. The summed E-state index contributed by atoms with van der Waals surface area (Å²) in [6.07, 6.45) is 9.48. The summed E-state index contributed by atoms with van der Waals surface area (Å²) >= 11 is 0. The third kappa shape index (κ3) is 5.06. The van der Waals surface area contributed by atoms with E-state index in [-0.39, 0.29) is 11.8 Å². The van der Waals surface area contributed by atoms with E-state index in [0.29, 0.717) is 0 Å². The molecule has 2 nitrogen and oxygen atoms in total. The summed E-state index contributed by atoms with van der Waals surface area (Å²) < 4.78 is 0. The topological polar surface area (TPSA) is 29.1 Å². The van der Waals surface area contributed by atoms with E-state index in [1.165, 1.54) is 37.7 Å². The Kier molecular flexibility index (Phi) is 5.93.